The predicted octanol–water partition coefficient (Wildman–Crippen LogP) is 3.51. The topological polar surface area (TPSA) is 72.6 Å². The van der Waals surface area contributed by atoms with E-state index in [2.05, 4.69) is 34.4 Å². The number of anilines is 1. The third-order valence-corrected chi connectivity index (χ3v) is 6.01. The van der Waals surface area contributed by atoms with Crippen LogP contribution in [-0.4, -0.2) is 45.5 Å². The summed E-state index contributed by atoms with van der Waals surface area (Å²) in [6, 6.07) is 3.09. The number of carbonyl (C=O) groups excluding carboxylic acids is 1. The summed E-state index contributed by atoms with van der Waals surface area (Å²) in [6.45, 7) is 3.65. The molecule has 2 aromatic heterocycles. The fourth-order valence-electron chi connectivity index (χ4n) is 4.01. The van der Waals surface area contributed by atoms with Crippen LogP contribution in [0.4, 0.5) is 19.0 Å². The number of fused-ring (bicyclic) bond motifs is 1. The molecule has 30 heavy (non-hydrogen) atoms. The summed E-state index contributed by atoms with van der Waals surface area (Å²) in [5, 5.41) is 10.8. The summed E-state index contributed by atoms with van der Waals surface area (Å²) in [7, 11) is 0. The van der Waals surface area contributed by atoms with E-state index in [1.807, 2.05) is 4.90 Å². The summed E-state index contributed by atoms with van der Waals surface area (Å²) in [6.07, 6.45) is 2.78. The van der Waals surface area contributed by atoms with Gasteiger partial charge in [0.05, 0.1) is 12.5 Å². The Hall–Kier alpha value is -2.65. The monoisotopic (exact) mass is 423 g/mol. The molecule has 2 unspecified atom stereocenters. The second-order valence-corrected chi connectivity index (χ2v) is 8.05. The molecule has 0 aromatic carbocycles. The second kappa shape index (κ2) is 8.23. The Morgan fingerprint density at radius 3 is 2.60 bits per heavy atom. The molecule has 2 aliphatic rings. The molecule has 2 atom stereocenters. The average molecular weight is 423 g/mol. The Kier molecular flexibility index (Phi) is 5.66. The highest BCUT2D eigenvalue weighted by Crippen LogP contribution is 2.29. The molecule has 4 rings (SSSR count). The van der Waals surface area contributed by atoms with Crippen LogP contribution >= 0.6 is 0 Å². The standard InChI is InChI=1S/C20H24F3N5O2/c1-13-4-2-3-5-15(13)12-30-18(29)14-8-10-27(11-9-14)17-7-6-16-24-25-19(20(21,22)23)28(16)26-17/h2-3,6-7,13-15H,4-5,8-12H2,1H3. The van der Waals surface area contributed by atoms with E-state index in [9.17, 15) is 18.0 Å². The number of allylic oxidation sites excluding steroid dienone is 2. The van der Waals surface area contributed by atoms with Gasteiger partial charge < -0.3 is 9.64 Å². The average Bonchev–Trinajstić information content (AvgIpc) is 3.17. The van der Waals surface area contributed by atoms with E-state index in [0.29, 0.717) is 50.2 Å². The molecule has 1 aliphatic heterocycles. The smallest absolute Gasteiger partial charge is 0.453 e. The van der Waals surface area contributed by atoms with Crippen LogP contribution < -0.4 is 4.90 Å². The maximum Gasteiger partial charge on any atom is 0.453 e. The minimum atomic E-state index is -4.63. The third-order valence-electron chi connectivity index (χ3n) is 6.01. The highest BCUT2D eigenvalue weighted by atomic mass is 19.4. The number of hydrogen-bond acceptors (Lipinski definition) is 6. The normalized spacial score (nSPS) is 23.1. The van der Waals surface area contributed by atoms with E-state index >= 15 is 0 Å². The lowest BCUT2D eigenvalue weighted by Crippen LogP contribution is -2.38. The zero-order chi connectivity index (χ0) is 21.3. The van der Waals surface area contributed by atoms with Crippen molar-refractivity contribution in [1.82, 2.24) is 19.8 Å². The van der Waals surface area contributed by atoms with E-state index in [0.717, 1.165) is 17.4 Å². The molecule has 162 valence electrons. The number of hydrogen-bond donors (Lipinski definition) is 0. The number of halogens is 3. The number of ether oxygens (including phenoxy) is 1. The second-order valence-electron chi connectivity index (χ2n) is 8.05. The zero-order valence-corrected chi connectivity index (χ0v) is 16.7. The first-order valence-electron chi connectivity index (χ1n) is 10.2. The number of piperidine rings is 1. The third kappa shape index (κ3) is 4.27. The summed E-state index contributed by atoms with van der Waals surface area (Å²) in [4.78, 5) is 14.3. The number of rotatable bonds is 4. The van der Waals surface area contributed by atoms with Gasteiger partial charge in [0, 0.05) is 13.1 Å². The van der Waals surface area contributed by atoms with Crippen LogP contribution in [0.5, 0.6) is 0 Å². The van der Waals surface area contributed by atoms with Crippen LogP contribution in [0.25, 0.3) is 5.65 Å². The Morgan fingerprint density at radius 1 is 1.17 bits per heavy atom. The Morgan fingerprint density at radius 2 is 1.90 bits per heavy atom. The van der Waals surface area contributed by atoms with E-state index < -0.39 is 12.0 Å². The van der Waals surface area contributed by atoms with Crippen molar-refractivity contribution in [2.75, 3.05) is 24.6 Å². The van der Waals surface area contributed by atoms with E-state index in [4.69, 9.17) is 4.74 Å². The van der Waals surface area contributed by atoms with E-state index in [1.54, 1.807) is 6.07 Å². The lowest BCUT2D eigenvalue weighted by Gasteiger charge is -2.32. The fourth-order valence-corrected chi connectivity index (χ4v) is 4.01. The molecule has 0 saturated carbocycles. The molecule has 10 heteroatoms. The first kappa shape index (κ1) is 20.6. The minimum Gasteiger partial charge on any atom is -0.465 e. The van der Waals surface area contributed by atoms with Crippen LogP contribution in [0.3, 0.4) is 0 Å². The Bertz CT molecular complexity index is 934. The summed E-state index contributed by atoms with van der Waals surface area (Å²) < 4.78 is 45.5. The molecule has 2 aromatic rings. The van der Waals surface area contributed by atoms with Crippen molar-refractivity contribution in [3.63, 3.8) is 0 Å². The van der Waals surface area contributed by atoms with Crippen molar-refractivity contribution in [1.29, 1.82) is 0 Å². The number of esters is 1. The molecule has 0 N–H and O–H groups in total. The highest BCUT2D eigenvalue weighted by molar-refractivity contribution is 5.72. The van der Waals surface area contributed by atoms with Crippen LogP contribution in [0.2, 0.25) is 0 Å². The SMILES string of the molecule is CC1CC=CCC1COC(=O)C1CCN(c2ccc3nnc(C(F)(F)F)n3n2)CC1. The van der Waals surface area contributed by atoms with Gasteiger partial charge in [-0.2, -0.15) is 17.7 Å². The summed E-state index contributed by atoms with van der Waals surface area (Å²) in [5.74, 6) is -0.253. The molecule has 0 spiro atoms. The van der Waals surface area contributed by atoms with Crippen molar-refractivity contribution in [2.45, 2.75) is 38.8 Å². The highest BCUT2D eigenvalue weighted by Gasteiger charge is 2.38. The number of aromatic nitrogens is 4. The van der Waals surface area contributed by atoms with E-state index in [-0.39, 0.29) is 17.5 Å². The Labute approximate surface area is 171 Å². The lowest BCUT2D eigenvalue weighted by atomic mass is 9.85. The molecule has 0 radical (unpaired) electrons. The van der Waals surface area contributed by atoms with Gasteiger partial charge in [0.2, 0.25) is 0 Å². The van der Waals surface area contributed by atoms with Crippen molar-refractivity contribution >= 4 is 17.4 Å². The lowest BCUT2D eigenvalue weighted by molar-refractivity contribution is -0.151. The molecule has 3 heterocycles. The predicted molar refractivity (Wildman–Crippen MR) is 103 cm³/mol. The van der Waals surface area contributed by atoms with Gasteiger partial charge in [0.1, 0.15) is 5.82 Å². The van der Waals surface area contributed by atoms with Crippen LogP contribution in [0.1, 0.15) is 38.4 Å². The number of carbonyl (C=O) groups is 1. The molecule has 1 saturated heterocycles. The van der Waals surface area contributed by atoms with E-state index in [1.165, 1.54) is 6.07 Å². The maximum absolute atomic E-state index is 13.1. The van der Waals surface area contributed by atoms with Gasteiger partial charge >= 0.3 is 12.1 Å². The van der Waals surface area contributed by atoms with Gasteiger partial charge in [-0.1, -0.05) is 19.1 Å². The van der Waals surface area contributed by atoms with Gasteiger partial charge in [-0.15, -0.1) is 15.3 Å². The molecule has 0 bridgehead atoms. The molecular formula is C20H24F3N5O2. The van der Waals surface area contributed by atoms with Crippen LogP contribution in [-0.2, 0) is 15.7 Å². The van der Waals surface area contributed by atoms with Crippen LogP contribution in [0.15, 0.2) is 24.3 Å². The Balaban J connectivity index is 1.35. The van der Waals surface area contributed by atoms with Gasteiger partial charge in [-0.3, -0.25) is 4.79 Å². The minimum absolute atomic E-state index is 0.0383. The van der Waals surface area contributed by atoms with Gasteiger partial charge in [-0.25, -0.2) is 0 Å². The first-order valence-corrected chi connectivity index (χ1v) is 10.2. The number of nitrogens with zero attached hydrogens (tertiary/aromatic N) is 5. The summed E-state index contributed by atoms with van der Waals surface area (Å²) in [5.41, 5.74) is 0.0383. The van der Waals surface area contributed by atoms with Crippen LogP contribution in [0, 0.1) is 17.8 Å². The summed E-state index contributed by atoms with van der Waals surface area (Å²) >= 11 is 0. The van der Waals surface area contributed by atoms with Crippen molar-refractivity contribution in [2.24, 2.45) is 17.8 Å². The largest absolute Gasteiger partial charge is 0.465 e. The quantitative estimate of drug-likeness (QED) is 0.554. The first-order chi connectivity index (χ1) is 14.3. The molecule has 1 aliphatic carbocycles. The van der Waals surface area contributed by atoms with Gasteiger partial charge in [-0.05, 0) is 49.7 Å². The van der Waals surface area contributed by atoms with Gasteiger partial charge in [0.25, 0.3) is 5.82 Å². The van der Waals surface area contributed by atoms with Crippen molar-refractivity contribution in [3.05, 3.63) is 30.1 Å². The van der Waals surface area contributed by atoms with Crippen molar-refractivity contribution in [3.8, 4) is 0 Å². The molecule has 7 nitrogen and oxygen atoms in total. The molecule has 1 fully saturated rings. The van der Waals surface area contributed by atoms with Crippen molar-refractivity contribution < 1.29 is 22.7 Å². The molecular weight excluding hydrogens is 399 g/mol. The zero-order valence-electron chi connectivity index (χ0n) is 16.7. The molecule has 0 amide bonds. The number of alkyl halides is 3. The van der Waals surface area contributed by atoms with Gasteiger partial charge in [0.15, 0.2) is 5.65 Å². The maximum atomic E-state index is 13.1. The fraction of sp³-hybridized carbons (Fsp3) is 0.600.